The molecule has 0 unspecified atom stereocenters. The second-order valence-corrected chi connectivity index (χ2v) is 7.15. The summed E-state index contributed by atoms with van der Waals surface area (Å²) in [5, 5.41) is 1.68. The number of anilines is 2. The molecule has 3 N–H and O–H groups in total. The zero-order chi connectivity index (χ0) is 18.1. The number of hydrogen-bond donors (Lipinski definition) is 2. The van der Waals surface area contributed by atoms with Gasteiger partial charge in [-0.25, -0.2) is 4.98 Å². The second-order valence-electron chi connectivity index (χ2n) is 7.15. The maximum Gasteiger partial charge on any atom is 0.271 e. The van der Waals surface area contributed by atoms with Crippen molar-refractivity contribution in [1.29, 1.82) is 0 Å². The largest absolute Gasteiger partial charge is 0.474 e. The number of benzene rings is 1. The quantitative estimate of drug-likeness (QED) is 0.616. The summed E-state index contributed by atoms with van der Waals surface area (Å²) >= 11 is 0. The van der Waals surface area contributed by atoms with Gasteiger partial charge in [0.15, 0.2) is 0 Å². The van der Waals surface area contributed by atoms with E-state index in [1.807, 2.05) is 18.2 Å². The number of ether oxygens (including phenoxy) is 1. The molecule has 6 heteroatoms. The zero-order valence-electron chi connectivity index (χ0n) is 14.9. The fourth-order valence-electron chi connectivity index (χ4n) is 3.00. The number of hydrogen-bond acceptors (Lipinski definition) is 5. The van der Waals surface area contributed by atoms with Crippen molar-refractivity contribution in [1.82, 2.24) is 10.4 Å². The highest BCUT2D eigenvalue weighted by atomic mass is 16.5. The molecule has 26 heavy (non-hydrogen) atoms. The Morgan fingerprint density at radius 3 is 2.58 bits per heavy atom. The van der Waals surface area contributed by atoms with Gasteiger partial charge in [-0.2, -0.15) is 0 Å². The molecule has 6 nitrogen and oxygen atoms in total. The highest BCUT2D eigenvalue weighted by molar-refractivity contribution is 5.95. The molecule has 0 bridgehead atoms. The summed E-state index contributed by atoms with van der Waals surface area (Å²) in [5.41, 5.74) is 11.7. The van der Waals surface area contributed by atoms with Gasteiger partial charge in [0.05, 0.1) is 11.3 Å². The molecule has 0 saturated heterocycles. The Labute approximate surface area is 153 Å². The van der Waals surface area contributed by atoms with E-state index in [1.165, 1.54) is 6.42 Å². The van der Waals surface area contributed by atoms with E-state index in [-0.39, 0.29) is 12.0 Å². The van der Waals surface area contributed by atoms with E-state index in [2.05, 4.69) is 10.4 Å². The maximum absolute atomic E-state index is 12.6. The molecular weight excluding hydrogens is 328 g/mol. The summed E-state index contributed by atoms with van der Waals surface area (Å²) in [6.45, 7) is 0. The lowest BCUT2D eigenvalue weighted by molar-refractivity contribution is 0.0950. The molecular formula is C20H24N4O2. The zero-order valence-corrected chi connectivity index (χ0v) is 14.9. The molecule has 1 heterocycles. The van der Waals surface area contributed by atoms with Crippen LogP contribution in [0.1, 0.15) is 53.9 Å². The molecule has 2 aromatic rings. The first-order valence-electron chi connectivity index (χ1n) is 9.17. The number of amides is 1. The Balaban J connectivity index is 1.48. The number of nitrogen functional groups attached to an aromatic ring is 1. The number of rotatable bonds is 6. The Kier molecular flexibility index (Phi) is 4.41. The Morgan fingerprint density at radius 1 is 1.23 bits per heavy atom. The number of pyridine rings is 1. The van der Waals surface area contributed by atoms with E-state index >= 15 is 0 Å². The van der Waals surface area contributed by atoms with Gasteiger partial charge in [-0.3, -0.25) is 15.2 Å². The average molecular weight is 352 g/mol. The van der Waals surface area contributed by atoms with Crippen LogP contribution in [0.2, 0.25) is 0 Å². The van der Waals surface area contributed by atoms with Crippen LogP contribution in [0.3, 0.4) is 0 Å². The topological polar surface area (TPSA) is 80.5 Å². The molecule has 2 fully saturated rings. The molecule has 4 rings (SSSR count). The van der Waals surface area contributed by atoms with Crippen molar-refractivity contribution in [3.05, 3.63) is 47.7 Å². The molecule has 2 aliphatic carbocycles. The normalized spacial score (nSPS) is 16.7. The lowest BCUT2D eigenvalue weighted by Crippen LogP contribution is -2.39. The van der Waals surface area contributed by atoms with Gasteiger partial charge in [-0.15, -0.1) is 0 Å². The van der Waals surface area contributed by atoms with Gasteiger partial charge in [0, 0.05) is 24.5 Å². The Hall–Kier alpha value is -2.76. The minimum Gasteiger partial charge on any atom is -0.474 e. The number of carbonyl (C=O) groups excluding carboxylic acids is 1. The molecule has 1 amide bonds. The third-order valence-electron chi connectivity index (χ3n) is 5.04. The monoisotopic (exact) mass is 352 g/mol. The predicted octanol–water partition coefficient (Wildman–Crippen LogP) is 3.25. The first-order valence-corrected chi connectivity index (χ1v) is 9.17. The predicted molar refractivity (Wildman–Crippen MR) is 101 cm³/mol. The molecule has 0 spiro atoms. The Morgan fingerprint density at radius 2 is 1.96 bits per heavy atom. The van der Waals surface area contributed by atoms with Crippen LogP contribution in [0.5, 0.6) is 5.88 Å². The van der Waals surface area contributed by atoms with E-state index in [0.29, 0.717) is 23.0 Å². The lowest BCUT2D eigenvalue weighted by atomic mass is 9.96. The molecule has 0 atom stereocenters. The van der Waals surface area contributed by atoms with Gasteiger partial charge < -0.3 is 10.5 Å². The number of hydrazine groups is 1. The summed E-state index contributed by atoms with van der Waals surface area (Å²) in [7, 11) is 1.80. The van der Waals surface area contributed by atoms with Crippen LogP contribution in [0.15, 0.2) is 36.5 Å². The van der Waals surface area contributed by atoms with Crippen molar-refractivity contribution in [2.75, 3.05) is 17.8 Å². The molecule has 2 saturated carbocycles. The van der Waals surface area contributed by atoms with Crippen LogP contribution in [0, 0.1) is 0 Å². The molecule has 136 valence electrons. The van der Waals surface area contributed by atoms with Crippen LogP contribution in [0.4, 0.5) is 11.4 Å². The van der Waals surface area contributed by atoms with Crippen LogP contribution in [-0.2, 0) is 0 Å². The summed E-state index contributed by atoms with van der Waals surface area (Å²) in [4.78, 5) is 17.1. The number of nitrogens with one attached hydrogen (secondary N) is 1. The van der Waals surface area contributed by atoms with Gasteiger partial charge in [-0.05, 0) is 68.4 Å². The summed E-state index contributed by atoms with van der Waals surface area (Å²) < 4.78 is 6.01. The fraction of sp³-hybridized carbons (Fsp3) is 0.400. The number of aromatic nitrogens is 1. The van der Waals surface area contributed by atoms with E-state index in [0.717, 1.165) is 36.9 Å². The van der Waals surface area contributed by atoms with Crippen molar-refractivity contribution >= 4 is 17.3 Å². The molecule has 0 radical (unpaired) electrons. The van der Waals surface area contributed by atoms with Crippen molar-refractivity contribution < 1.29 is 9.53 Å². The number of nitrogens with two attached hydrogens (primary N) is 1. The minimum absolute atomic E-state index is 0.186. The summed E-state index contributed by atoms with van der Waals surface area (Å²) in [6, 6.07) is 9.26. The first kappa shape index (κ1) is 16.7. The van der Waals surface area contributed by atoms with Crippen LogP contribution in [0.25, 0.3) is 0 Å². The van der Waals surface area contributed by atoms with E-state index in [1.54, 1.807) is 30.4 Å². The minimum atomic E-state index is -0.186. The average Bonchev–Trinajstić information content (AvgIpc) is 3.43. The van der Waals surface area contributed by atoms with E-state index in [4.69, 9.17) is 10.5 Å². The van der Waals surface area contributed by atoms with Gasteiger partial charge in [-0.1, -0.05) is 0 Å². The SMILES string of the molecule is CN(NC(=O)c1cnc(OC2CCC2)c(C2CC2)c1)c1ccc(N)cc1. The number of carbonyl (C=O) groups is 1. The third kappa shape index (κ3) is 3.59. The highest BCUT2D eigenvalue weighted by Crippen LogP contribution is 2.44. The smallest absolute Gasteiger partial charge is 0.271 e. The summed E-state index contributed by atoms with van der Waals surface area (Å²) in [5.74, 6) is 0.995. The van der Waals surface area contributed by atoms with Gasteiger partial charge in [0.1, 0.15) is 6.10 Å². The van der Waals surface area contributed by atoms with Gasteiger partial charge in [0.2, 0.25) is 5.88 Å². The van der Waals surface area contributed by atoms with Crippen molar-refractivity contribution in [3.8, 4) is 5.88 Å². The third-order valence-corrected chi connectivity index (χ3v) is 5.04. The van der Waals surface area contributed by atoms with Crippen molar-refractivity contribution in [3.63, 3.8) is 0 Å². The fourth-order valence-corrected chi connectivity index (χ4v) is 3.00. The van der Waals surface area contributed by atoms with Gasteiger partial charge >= 0.3 is 0 Å². The lowest BCUT2D eigenvalue weighted by Gasteiger charge is -2.27. The highest BCUT2D eigenvalue weighted by Gasteiger charge is 2.30. The molecule has 0 aliphatic heterocycles. The van der Waals surface area contributed by atoms with E-state index in [9.17, 15) is 4.79 Å². The molecule has 2 aliphatic rings. The van der Waals surface area contributed by atoms with Crippen LogP contribution in [-0.4, -0.2) is 24.0 Å². The van der Waals surface area contributed by atoms with E-state index < -0.39 is 0 Å². The maximum atomic E-state index is 12.6. The number of nitrogens with zero attached hydrogens (tertiary/aromatic N) is 2. The van der Waals surface area contributed by atoms with Crippen molar-refractivity contribution in [2.24, 2.45) is 0 Å². The second kappa shape index (κ2) is 6.86. The Bertz CT molecular complexity index is 798. The molecule has 1 aromatic heterocycles. The summed E-state index contributed by atoms with van der Waals surface area (Å²) in [6.07, 6.45) is 7.59. The molecule has 1 aromatic carbocycles. The first-order chi connectivity index (χ1) is 12.6. The van der Waals surface area contributed by atoms with Crippen molar-refractivity contribution in [2.45, 2.75) is 44.1 Å². The van der Waals surface area contributed by atoms with Crippen LogP contribution < -0.4 is 20.9 Å². The van der Waals surface area contributed by atoms with Crippen LogP contribution >= 0.6 is 0 Å². The standard InChI is InChI=1S/C20H24N4O2/c1-24(16-9-7-15(21)8-10-16)23-19(25)14-11-18(13-5-6-13)20(22-12-14)26-17-3-2-4-17/h7-13,17H,2-6,21H2,1H3,(H,23,25). The van der Waals surface area contributed by atoms with Gasteiger partial charge in [0.25, 0.3) is 5.91 Å².